The van der Waals surface area contributed by atoms with Crippen molar-refractivity contribution < 1.29 is 4.79 Å². The van der Waals surface area contributed by atoms with Gasteiger partial charge in [-0.15, -0.1) is 0 Å². The number of hydrogen-bond donors (Lipinski definition) is 0. The molecular weight excluding hydrogens is 442 g/mol. The summed E-state index contributed by atoms with van der Waals surface area (Å²) in [5, 5.41) is 0. The van der Waals surface area contributed by atoms with Gasteiger partial charge in [-0.1, -0.05) is 61.7 Å². The molecular formula is C21H15Br2NO. The predicted octanol–water partition coefficient (Wildman–Crippen LogP) is 6.52. The summed E-state index contributed by atoms with van der Waals surface area (Å²) in [7, 11) is 0. The van der Waals surface area contributed by atoms with E-state index in [1.54, 1.807) is 12.1 Å². The summed E-state index contributed by atoms with van der Waals surface area (Å²) in [5.74, 6) is -0.101. The Bertz CT molecular complexity index is 912. The maximum Gasteiger partial charge on any atom is 0.211 e. The first-order chi connectivity index (χ1) is 12.0. The summed E-state index contributed by atoms with van der Waals surface area (Å²) < 4.78 is 1.90. The quantitative estimate of drug-likeness (QED) is 0.324. The average Bonchev–Trinajstić information content (AvgIpc) is 2.62. The number of benzene rings is 3. The number of aryl methyl sites for hydroxylation is 1. The van der Waals surface area contributed by atoms with Crippen molar-refractivity contribution in [2.45, 2.75) is 6.92 Å². The second-order valence-corrected chi connectivity index (χ2v) is 7.47. The van der Waals surface area contributed by atoms with Crippen molar-refractivity contribution in [3.8, 4) is 0 Å². The van der Waals surface area contributed by atoms with Gasteiger partial charge in [0.05, 0.1) is 5.69 Å². The molecule has 0 aliphatic rings. The number of carbonyl (C=O) groups excluding carboxylic acids is 1. The van der Waals surface area contributed by atoms with E-state index in [1.807, 2.05) is 67.6 Å². The van der Waals surface area contributed by atoms with Gasteiger partial charge >= 0.3 is 0 Å². The van der Waals surface area contributed by atoms with Crippen molar-refractivity contribution in [1.29, 1.82) is 0 Å². The Morgan fingerprint density at radius 3 is 1.72 bits per heavy atom. The molecule has 0 radical (unpaired) electrons. The summed E-state index contributed by atoms with van der Waals surface area (Å²) in [5.41, 5.74) is 3.74. The Morgan fingerprint density at radius 1 is 0.720 bits per heavy atom. The second-order valence-electron chi connectivity index (χ2n) is 5.64. The maximum absolute atomic E-state index is 13.1. The Labute approximate surface area is 163 Å². The molecule has 0 fully saturated rings. The van der Waals surface area contributed by atoms with E-state index in [0.717, 1.165) is 25.8 Å². The summed E-state index contributed by atoms with van der Waals surface area (Å²) in [6, 6.07) is 22.8. The van der Waals surface area contributed by atoms with Crippen molar-refractivity contribution in [2.24, 2.45) is 4.99 Å². The number of halogens is 2. The Balaban J connectivity index is 2.07. The highest BCUT2D eigenvalue weighted by Crippen LogP contribution is 2.20. The van der Waals surface area contributed by atoms with Gasteiger partial charge in [0.2, 0.25) is 5.78 Å². The highest BCUT2D eigenvalue weighted by Gasteiger charge is 2.16. The van der Waals surface area contributed by atoms with Gasteiger partial charge in [0.1, 0.15) is 5.71 Å². The minimum absolute atomic E-state index is 0.101. The van der Waals surface area contributed by atoms with E-state index in [9.17, 15) is 4.79 Å². The zero-order valence-electron chi connectivity index (χ0n) is 13.5. The molecule has 0 saturated carbocycles. The number of hydrogen-bond acceptors (Lipinski definition) is 2. The molecule has 124 valence electrons. The fourth-order valence-electron chi connectivity index (χ4n) is 2.34. The standard InChI is InChI=1S/C21H15Br2NO/c1-14-2-12-19(13-3-14)24-20(15-4-8-17(22)9-5-15)21(25)16-6-10-18(23)11-7-16/h2-13H,1H3. The normalized spacial score (nSPS) is 11.4. The molecule has 0 aliphatic heterocycles. The van der Waals surface area contributed by atoms with Gasteiger partial charge in [-0.05, 0) is 55.5 Å². The van der Waals surface area contributed by atoms with Crippen molar-refractivity contribution in [3.05, 3.63) is 98.4 Å². The highest BCUT2D eigenvalue weighted by molar-refractivity contribution is 9.10. The van der Waals surface area contributed by atoms with Crippen molar-refractivity contribution in [3.63, 3.8) is 0 Å². The topological polar surface area (TPSA) is 29.4 Å². The van der Waals surface area contributed by atoms with Gasteiger partial charge < -0.3 is 0 Å². The van der Waals surface area contributed by atoms with Crippen LogP contribution < -0.4 is 0 Å². The van der Waals surface area contributed by atoms with Crippen LogP contribution in [0, 0.1) is 6.92 Å². The molecule has 4 heteroatoms. The van der Waals surface area contributed by atoms with Crippen LogP contribution in [0.5, 0.6) is 0 Å². The zero-order chi connectivity index (χ0) is 17.8. The van der Waals surface area contributed by atoms with Gasteiger partial charge in [-0.25, -0.2) is 4.99 Å². The Kier molecular flexibility index (Phi) is 5.61. The molecule has 0 spiro atoms. The third-order valence-electron chi connectivity index (χ3n) is 3.71. The predicted molar refractivity (Wildman–Crippen MR) is 110 cm³/mol. The van der Waals surface area contributed by atoms with Crippen LogP contribution in [0.15, 0.2) is 86.7 Å². The summed E-state index contributed by atoms with van der Waals surface area (Å²) in [6.07, 6.45) is 0. The van der Waals surface area contributed by atoms with Crippen LogP contribution in [0.25, 0.3) is 0 Å². The van der Waals surface area contributed by atoms with Crippen LogP contribution in [0.4, 0.5) is 5.69 Å². The first-order valence-corrected chi connectivity index (χ1v) is 9.33. The SMILES string of the molecule is Cc1ccc(N=C(C(=O)c2ccc(Br)cc2)c2ccc(Br)cc2)cc1. The van der Waals surface area contributed by atoms with Crippen molar-refractivity contribution in [1.82, 2.24) is 0 Å². The van der Waals surface area contributed by atoms with E-state index >= 15 is 0 Å². The van der Waals surface area contributed by atoms with Gasteiger partial charge in [0.15, 0.2) is 0 Å². The van der Waals surface area contributed by atoms with Crippen LogP contribution in [0.3, 0.4) is 0 Å². The molecule has 0 aromatic heterocycles. The molecule has 2 nitrogen and oxygen atoms in total. The third kappa shape index (κ3) is 4.53. The second kappa shape index (κ2) is 7.89. The van der Waals surface area contributed by atoms with Gasteiger partial charge in [-0.2, -0.15) is 0 Å². The number of carbonyl (C=O) groups is 1. The van der Waals surface area contributed by atoms with Crippen molar-refractivity contribution in [2.75, 3.05) is 0 Å². The number of rotatable bonds is 4. The smallest absolute Gasteiger partial charge is 0.211 e. The lowest BCUT2D eigenvalue weighted by atomic mass is 10.0. The van der Waals surface area contributed by atoms with Gasteiger partial charge in [0.25, 0.3) is 0 Å². The fraction of sp³-hybridized carbons (Fsp3) is 0.0476. The lowest BCUT2D eigenvalue weighted by molar-refractivity contribution is 0.106. The molecule has 0 amide bonds. The molecule has 0 N–H and O–H groups in total. The number of nitrogens with zero attached hydrogens (tertiary/aromatic N) is 1. The molecule has 3 aromatic rings. The monoisotopic (exact) mass is 455 g/mol. The third-order valence-corrected chi connectivity index (χ3v) is 4.77. The average molecular weight is 457 g/mol. The highest BCUT2D eigenvalue weighted by atomic mass is 79.9. The van der Waals surface area contributed by atoms with Crippen LogP contribution in [-0.2, 0) is 0 Å². The molecule has 0 unspecified atom stereocenters. The van der Waals surface area contributed by atoms with E-state index in [2.05, 4.69) is 36.9 Å². The Morgan fingerprint density at radius 2 is 1.20 bits per heavy atom. The van der Waals surface area contributed by atoms with E-state index in [4.69, 9.17) is 0 Å². The fourth-order valence-corrected chi connectivity index (χ4v) is 2.87. The van der Waals surface area contributed by atoms with Crippen LogP contribution in [-0.4, -0.2) is 11.5 Å². The molecule has 0 saturated heterocycles. The minimum Gasteiger partial charge on any atom is -0.287 e. The molecule has 3 rings (SSSR count). The largest absolute Gasteiger partial charge is 0.287 e. The molecule has 25 heavy (non-hydrogen) atoms. The number of Topliss-reactive ketones (excluding diaryl/α,β-unsaturated/α-hetero) is 1. The van der Waals surface area contributed by atoms with E-state index in [-0.39, 0.29) is 5.78 Å². The summed E-state index contributed by atoms with van der Waals surface area (Å²) >= 11 is 6.83. The summed E-state index contributed by atoms with van der Waals surface area (Å²) in [6.45, 7) is 2.02. The molecule has 0 aliphatic carbocycles. The van der Waals surface area contributed by atoms with Crippen molar-refractivity contribution >= 4 is 49.0 Å². The van der Waals surface area contributed by atoms with E-state index in [1.165, 1.54) is 0 Å². The first-order valence-electron chi connectivity index (χ1n) is 7.74. The lowest BCUT2D eigenvalue weighted by Gasteiger charge is -2.08. The van der Waals surface area contributed by atoms with E-state index in [0.29, 0.717) is 11.3 Å². The van der Waals surface area contributed by atoms with Crippen LogP contribution in [0.1, 0.15) is 21.5 Å². The van der Waals surface area contributed by atoms with Crippen LogP contribution in [0.2, 0.25) is 0 Å². The lowest BCUT2D eigenvalue weighted by Crippen LogP contribution is -2.15. The zero-order valence-corrected chi connectivity index (χ0v) is 16.7. The van der Waals surface area contributed by atoms with Gasteiger partial charge in [0, 0.05) is 20.1 Å². The molecule has 0 atom stereocenters. The first kappa shape index (κ1) is 17.8. The maximum atomic E-state index is 13.1. The van der Waals surface area contributed by atoms with E-state index < -0.39 is 0 Å². The van der Waals surface area contributed by atoms with Gasteiger partial charge in [-0.3, -0.25) is 4.79 Å². The molecule has 0 heterocycles. The number of aliphatic imine (C=N–C) groups is 1. The molecule has 0 bridgehead atoms. The molecule has 3 aromatic carbocycles. The number of ketones is 1. The minimum atomic E-state index is -0.101. The Hall–Kier alpha value is -2.04. The summed E-state index contributed by atoms with van der Waals surface area (Å²) in [4.78, 5) is 17.7. The van der Waals surface area contributed by atoms with Crippen LogP contribution >= 0.6 is 31.9 Å².